The maximum absolute atomic E-state index is 11.6. The van der Waals surface area contributed by atoms with E-state index in [1.165, 1.54) is 0 Å². The van der Waals surface area contributed by atoms with Gasteiger partial charge in [-0.05, 0) is 25.1 Å². The van der Waals surface area contributed by atoms with Crippen LogP contribution in [0.25, 0.3) is 0 Å². The standard InChI is InChI=1S/C9H13ClN2O2S/c1-7(6-11)15(13,14)12-9-4-2-3-8(10)5-9/h2-5,7,12H,6,11H2,1H3. The van der Waals surface area contributed by atoms with Crippen LogP contribution in [-0.2, 0) is 10.0 Å². The van der Waals surface area contributed by atoms with Crippen LogP contribution in [0.5, 0.6) is 0 Å². The van der Waals surface area contributed by atoms with Crippen LogP contribution in [0, 0.1) is 0 Å². The second-order valence-corrected chi connectivity index (χ2v) is 5.74. The predicted octanol–water partition coefficient (Wildman–Crippen LogP) is 1.43. The van der Waals surface area contributed by atoms with Crippen LogP contribution >= 0.6 is 11.6 Å². The van der Waals surface area contributed by atoms with Crippen LogP contribution in [-0.4, -0.2) is 20.2 Å². The molecule has 1 aromatic carbocycles. The van der Waals surface area contributed by atoms with Gasteiger partial charge in [0.1, 0.15) is 0 Å². The Hall–Kier alpha value is -0.780. The van der Waals surface area contributed by atoms with Gasteiger partial charge >= 0.3 is 0 Å². The summed E-state index contributed by atoms with van der Waals surface area (Å²) in [5.74, 6) is 0. The molecule has 1 rings (SSSR count). The molecular formula is C9H13ClN2O2S. The fraction of sp³-hybridized carbons (Fsp3) is 0.333. The normalized spacial score (nSPS) is 13.5. The molecular weight excluding hydrogens is 236 g/mol. The molecule has 0 radical (unpaired) electrons. The molecule has 0 spiro atoms. The number of nitrogens with one attached hydrogen (secondary N) is 1. The molecule has 1 aromatic rings. The van der Waals surface area contributed by atoms with Crippen LogP contribution in [0.15, 0.2) is 24.3 Å². The maximum atomic E-state index is 11.6. The highest BCUT2D eigenvalue weighted by Gasteiger charge is 2.18. The van der Waals surface area contributed by atoms with Crippen LogP contribution in [0.2, 0.25) is 5.02 Å². The summed E-state index contributed by atoms with van der Waals surface area (Å²) in [6.07, 6.45) is 0. The van der Waals surface area contributed by atoms with Gasteiger partial charge in [-0.15, -0.1) is 0 Å². The number of hydrogen-bond donors (Lipinski definition) is 2. The number of halogens is 1. The van der Waals surface area contributed by atoms with E-state index in [2.05, 4.69) is 4.72 Å². The van der Waals surface area contributed by atoms with Crippen LogP contribution in [0.3, 0.4) is 0 Å². The van der Waals surface area contributed by atoms with E-state index in [0.29, 0.717) is 10.7 Å². The van der Waals surface area contributed by atoms with Crippen molar-refractivity contribution >= 4 is 27.3 Å². The molecule has 15 heavy (non-hydrogen) atoms. The molecule has 0 aliphatic carbocycles. The van der Waals surface area contributed by atoms with E-state index < -0.39 is 15.3 Å². The minimum Gasteiger partial charge on any atom is -0.329 e. The number of anilines is 1. The maximum Gasteiger partial charge on any atom is 0.236 e. The van der Waals surface area contributed by atoms with Crippen LogP contribution in [0.1, 0.15) is 6.92 Å². The first kappa shape index (κ1) is 12.3. The minimum absolute atomic E-state index is 0.0793. The smallest absolute Gasteiger partial charge is 0.236 e. The molecule has 0 aliphatic rings. The second kappa shape index (κ2) is 4.83. The van der Waals surface area contributed by atoms with Gasteiger partial charge in [0.05, 0.1) is 5.25 Å². The summed E-state index contributed by atoms with van der Waals surface area (Å²) in [5.41, 5.74) is 5.74. The molecule has 0 heterocycles. The van der Waals surface area contributed by atoms with Gasteiger partial charge < -0.3 is 5.73 Å². The molecule has 4 nitrogen and oxygen atoms in total. The molecule has 84 valence electrons. The Kier molecular flexibility index (Phi) is 3.96. The summed E-state index contributed by atoms with van der Waals surface area (Å²) in [6, 6.07) is 6.52. The predicted molar refractivity (Wildman–Crippen MR) is 62.5 cm³/mol. The Bertz CT molecular complexity index is 433. The molecule has 0 saturated carbocycles. The first-order valence-corrected chi connectivity index (χ1v) is 6.35. The van der Waals surface area contributed by atoms with Gasteiger partial charge in [0, 0.05) is 17.3 Å². The molecule has 6 heteroatoms. The Balaban J connectivity index is 2.87. The SMILES string of the molecule is CC(CN)S(=O)(=O)Nc1cccc(Cl)c1. The second-order valence-electron chi connectivity index (χ2n) is 3.20. The topological polar surface area (TPSA) is 72.2 Å². The number of nitrogens with two attached hydrogens (primary N) is 1. The summed E-state index contributed by atoms with van der Waals surface area (Å²) in [4.78, 5) is 0. The Morgan fingerprint density at radius 3 is 2.73 bits per heavy atom. The number of hydrogen-bond acceptors (Lipinski definition) is 3. The fourth-order valence-electron chi connectivity index (χ4n) is 0.944. The van der Waals surface area contributed by atoms with Crippen molar-refractivity contribution in [1.29, 1.82) is 0 Å². The number of sulfonamides is 1. The summed E-state index contributed by atoms with van der Waals surface area (Å²) >= 11 is 5.73. The van der Waals surface area contributed by atoms with Crippen molar-refractivity contribution in [3.63, 3.8) is 0 Å². The average molecular weight is 249 g/mol. The van der Waals surface area contributed by atoms with Gasteiger partial charge in [-0.1, -0.05) is 17.7 Å². The first-order chi connectivity index (χ1) is 6.95. The third-order valence-corrected chi connectivity index (χ3v) is 3.95. The zero-order valence-corrected chi connectivity index (χ0v) is 9.85. The van der Waals surface area contributed by atoms with Gasteiger partial charge in [0.15, 0.2) is 0 Å². The zero-order valence-electron chi connectivity index (χ0n) is 8.27. The van der Waals surface area contributed by atoms with Crippen LogP contribution < -0.4 is 10.5 Å². The molecule has 1 unspecified atom stereocenters. The average Bonchev–Trinajstić information content (AvgIpc) is 2.15. The zero-order chi connectivity index (χ0) is 11.5. The molecule has 0 aliphatic heterocycles. The summed E-state index contributed by atoms with van der Waals surface area (Å²) in [7, 11) is -3.41. The third kappa shape index (κ3) is 3.37. The number of benzene rings is 1. The molecule has 1 atom stereocenters. The molecule has 0 bridgehead atoms. The lowest BCUT2D eigenvalue weighted by molar-refractivity contribution is 0.589. The van der Waals surface area contributed by atoms with E-state index in [4.69, 9.17) is 17.3 Å². The summed E-state index contributed by atoms with van der Waals surface area (Å²) in [5, 5.41) is -0.146. The van der Waals surface area contributed by atoms with E-state index in [1.807, 2.05) is 0 Å². The third-order valence-electron chi connectivity index (χ3n) is 1.95. The molecule has 3 N–H and O–H groups in total. The molecule has 0 amide bonds. The molecule has 0 saturated heterocycles. The van der Waals surface area contributed by atoms with E-state index >= 15 is 0 Å². The fourth-order valence-corrected chi connectivity index (χ4v) is 2.04. The van der Waals surface area contributed by atoms with Crippen molar-refractivity contribution in [3.05, 3.63) is 29.3 Å². The van der Waals surface area contributed by atoms with Crippen molar-refractivity contribution in [2.75, 3.05) is 11.3 Å². The van der Waals surface area contributed by atoms with E-state index in [0.717, 1.165) is 0 Å². The largest absolute Gasteiger partial charge is 0.329 e. The van der Waals surface area contributed by atoms with Gasteiger partial charge in [0.2, 0.25) is 10.0 Å². The number of rotatable bonds is 4. The van der Waals surface area contributed by atoms with E-state index in [1.54, 1.807) is 31.2 Å². The lowest BCUT2D eigenvalue weighted by Crippen LogP contribution is -2.31. The van der Waals surface area contributed by atoms with Crippen molar-refractivity contribution in [2.24, 2.45) is 5.73 Å². The summed E-state index contributed by atoms with van der Waals surface area (Å²) < 4.78 is 25.6. The van der Waals surface area contributed by atoms with E-state index in [-0.39, 0.29) is 6.54 Å². The monoisotopic (exact) mass is 248 g/mol. The van der Waals surface area contributed by atoms with Crippen molar-refractivity contribution in [2.45, 2.75) is 12.2 Å². The Morgan fingerprint density at radius 1 is 1.53 bits per heavy atom. The highest BCUT2D eigenvalue weighted by atomic mass is 35.5. The quantitative estimate of drug-likeness (QED) is 0.847. The molecule has 0 fully saturated rings. The van der Waals surface area contributed by atoms with Gasteiger partial charge in [0.25, 0.3) is 0 Å². The lowest BCUT2D eigenvalue weighted by atomic mass is 10.3. The van der Waals surface area contributed by atoms with Crippen molar-refractivity contribution in [3.8, 4) is 0 Å². The van der Waals surface area contributed by atoms with Crippen molar-refractivity contribution in [1.82, 2.24) is 0 Å². The van der Waals surface area contributed by atoms with Crippen LogP contribution in [0.4, 0.5) is 5.69 Å². The van der Waals surface area contributed by atoms with Gasteiger partial charge in [-0.2, -0.15) is 0 Å². The van der Waals surface area contributed by atoms with E-state index in [9.17, 15) is 8.42 Å². The first-order valence-electron chi connectivity index (χ1n) is 4.43. The molecule has 0 aromatic heterocycles. The Morgan fingerprint density at radius 2 is 2.20 bits per heavy atom. The highest BCUT2D eigenvalue weighted by molar-refractivity contribution is 7.93. The van der Waals surface area contributed by atoms with Gasteiger partial charge in [-0.3, -0.25) is 4.72 Å². The minimum atomic E-state index is -3.41. The van der Waals surface area contributed by atoms with Crippen molar-refractivity contribution < 1.29 is 8.42 Å². The summed E-state index contributed by atoms with van der Waals surface area (Å²) in [6.45, 7) is 1.63. The Labute approximate surface area is 94.5 Å². The lowest BCUT2D eigenvalue weighted by Gasteiger charge is -2.12. The van der Waals surface area contributed by atoms with Gasteiger partial charge in [-0.25, -0.2) is 8.42 Å². The highest BCUT2D eigenvalue weighted by Crippen LogP contribution is 2.17.